The smallest absolute Gasteiger partial charge is 0.261 e. The Bertz CT molecular complexity index is 950. The molecule has 29 heavy (non-hydrogen) atoms. The Morgan fingerprint density at radius 1 is 0.931 bits per heavy atom. The number of para-hydroxylation sites is 1. The van der Waals surface area contributed by atoms with Gasteiger partial charge in [0.1, 0.15) is 0 Å². The van der Waals surface area contributed by atoms with Gasteiger partial charge in [-0.2, -0.15) is 0 Å². The zero-order valence-corrected chi connectivity index (χ0v) is 17.7. The van der Waals surface area contributed by atoms with Crippen LogP contribution < -0.4 is 5.32 Å². The van der Waals surface area contributed by atoms with Crippen LogP contribution >= 0.6 is 0 Å². The molecule has 2 aromatic rings. The minimum atomic E-state index is -0.330. The van der Waals surface area contributed by atoms with E-state index in [4.69, 9.17) is 0 Å². The largest absolute Gasteiger partial charge is 0.326 e. The van der Waals surface area contributed by atoms with E-state index in [1.807, 2.05) is 31.2 Å². The molecule has 0 fully saturated rings. The maximum Gasteiger partial charge on any atom is 0.261 e. The molecule has 1 N–H and O–H groups in total. The zero-order chi connectivity index (χ0) is 21.3. The third-order valence-electron chi connectivity index (χ3n) is 5.33. The van der Waals surface area contributed by atoms with Gasteiger partial charge in [0, 0.05) is 18.7 Å². The van der Waals surface area contributed by atoms with Crippen molar-refractivity contribution in [1.29, 1.82) is 0 Å². The van der Waals surface area contributed by atoms with Crippen LogP contribution in [0.3, 0.4) is 0 Å². The summed E-state index contributed by atoms with van der Waals surface area (Å²) < 4.78 is 0. The van der Waals surface area contributed by atoms with E-state index in [0.717, 1.165) is 22.4 Å². The van der Waals surface area contributed by atoms with Crippen LogP contribution in [-0.2, 0) is 4.79 Å². The summed E-state index contributed by atoms with van der Waals surface area (Å²) in [4.78, 5) is 39.0. The Labute approximate surface area is 172 Å². The van der Waals surface area contributed by atoms with E-state index in [0.29, 0.717) is 11.1 Å². The summed E-state index contributed by atoms with van der Waals surface area (Å²) in [5.74, 6) is -0.324. The number of carbonyl (C=O) groups is 3. The number of amides is 3. The molecule has 0 saturated carbocycles. The molecule has 0 atom stereocenters. The van der Waals surface area contributed by atoms with Gasteiger partial charge >= 0.3 is 0 Å². The molecule has 5 heteroatoms. The molecule has 0 saturated heterocycles. The average molecular weight is 392 g/mol. The van der Waals surface area contributed by atoms with Gasteiger partial charge in [-0.25, -0.2) is 0 Å². The molecular weight excluding hydrogens is 364 g/mol. The van der Waals surface area contributed by atoms with Gasteiger partial charge < -0.3 is 5.32 Å². The first-order valence-corrected chi connectivity index (χ1v) is 10.1. The van der Waals surface area contributed by atoms with Gasteiger partial charge in [-0.15, -0.1) is 0 Å². The lowest BCUT2D eigenvalue weighted by Gasteiger charge is -2.20. The van der Waals surface area contributed by atoms with E-state index in [9.17, 15) is 14.4 Å². The highest BCUT2D eigenvalue weighted by Gasteiger charge is 2.35. The lowest BCUT2D eigenvalue weighted by molar-refractivity contribution is -0.116. The van der Waals surface area contributed by atoms with Crippen LogP contribution in [0.25, 0.3) is 0 Å². The summed E-state index contributed by atoms with van der Waals surface area (Å²) in [5.41, 5.74) is 4.77. The molecule has 0 spiro atoms. The summed E-state index contributed by atoms with van der Waals surface area (Å²) in [6.45, 7) is 10.3. The number of hydrogen-bond donors (Lipinski definition) is 1. The standard InChI is InChI=1S/C24H28N2O3/c1-14(2)17-7-6-8-18(15(3)4)22(17)25-21(27)11-12-26-23(28)19-10-9-16(5)13-20(19)24(26)29/h6-10,13-15H,11-12H2,1-5H3,(H,25,27). The summed E-state index contributed by atoms with van der Waals surface area (Å²) in [7, 11) is 0. The van der Waals surface area contributed by atoms with Crippen molar-refractivity contribution in [1.82, 2.24) is 4.90 Å². The molecule has 0 aromatic heterocycles. The Hall–Kier alpha value is -2.95. The monoisotopic (exact) mass is 392 g/mol. The Morgan fingerprint density at radius 2 is 1.52 bits per heavy atom. The molecule has 0 unspecified atom stereocenters. The van der Waals surface area contributed by atoms with Crippen LogP contribution in [0.1, 0.15) is 83.4 Å². The molecule has 2 aromatic carbocycles. The maximum atomic E-state index is 12.7. The van der Waals surface area contributed by atoms with Crippen molar-refractivity contribution >= 4 is 23.4 Å². The fraction of sp³-hybridized carbons (Fsp3) is 0.375. The van der Waals surface area contributed by atoms with E-state index >= 15 is 0 Å². The lowest BCUT2D eigenvalue weighted by atomic mass is 9.92. The van der Waals surface area contributed by atoms with Gasteiger partial charge in [-0.3, -0.25) is 19.3 Å². The molecule has 1 aliphatic heterocycles. The molecule has 1 aliphatic rings. The van der Waals surface area contributed by atoms with Crippen molar-refractivity contribution in [3.05, 3.63) is 64.2 Å². The second kappa shape index (κ2) is 8.19. The molecular formula is C24H28N2O3. The molecule has 1 heterocycles. The molecule has 0 aliphatic carbocycles. The highest BCUT2D eigenvalue weighted by molar-refractivity contribution is 6.21. The SMILES string of the molecule is Cc1ccc2c(c1)C(=O)N(CCC(=O)Nc1c(C(C)C)cccc1C(C)C)C2=O. The first kappa shape index (κ1) is 20.8. The summed E-state index contributed by atoms with van der Waals surface area (Å²) >= 11 is 0. The van der Waals surface area contributed by atoms with E-state index in [1.165, 1.54) is 4.90 Å². The number of rotatable bonds is 6. The van der Waals surface area contributed by atoms with E-state index < -0.39 is 0 Å². The number of anilines is 1. The average Bonchev–Trinajstić information content (AvgIpc) is 2.89. The number of carbonyl (C=O) groups excluding carboxylic acids is 3. The molecule has 0 radical (unpaired) electrons. The van der Waals surface area contributed by atoms with Crippen molar-refractivity contribution in [2.75, 3.05) is 11.9 Å². The van der Waals surface area contributed by atoms with Crippen LogP contribution in [-0.4, -0.2) is 29.2 Å². The Balaban J connectivity index is 1.73. The van der Waals surface area contributed by atoms with Crippen molar-refractivity contribution in [3.8, 4) is 0 Å². The zero-order valence-electron chi connectivity index (χ0n) is 17.7. The van der Waals surface area contributed by atoms with Gasteiger partial charge in [-0.1, -0.05) is 57.5 Å². The summed E-state index contributed by atoms with van der Waals surface area (Å²) in [6.07, 6.45) is 0.0639. The van der Waals surface area contributed by atoms with Gasteiger partial charge in [-0.05, 0) is 42.0 Å². The van der Waals surface area contributed by atoms with E-state index in [-0.39, 0.29) is 42.5 Å². The van der Waals surface area contributed by atoms with E-state index in [2.05, 4.69) is 33.0 Å². The number of aryl methyl sites for hydroxylation is 1. The highest BCUT2D eigenvalue weighted by Crippen LogP contribution is 2.32. The quantitative estimate of drug-likeness (QED) is 0.714. The summed E-state index contributed by atoms with van der Waals surface area (Å²) in [5, 5.41) is 3.04. The van der Waals surface area contributed by atoms with Gasteiger partial charge in [0.05, 0.1) is 11.1 Å². The van der Waals surface area contributed by atoms with Crippen LogP contribution in [0, 0.1) is 6.92 Å². The van der Waals surface area contributed by atoms with E-state index in [1.54, 1.807) is 12.1 Å². The second-order valence-electron chi connectivity index (χ2n) is 8.23. The molecule has 3 amide bonds. The normalized spacial score (nSPS) is 13.4. The predicted molar refractivity (Wildman–Crippen MR) is 114 cm³/mol. The van der Waals surface area contributed by atoms with Crippen LogP contribution in [0.2, 0.25) is 0 Å². The first-order valence-electron chi connectivity index (χ1n) is 10.1. The third kappa shape index (κ3) is 4.09. The highest BCUT2D eigenvalue weighted by atomic mass is 16.2. The van der Waals surface area contributed by atoms with Crippen molar-refractivity contribution in [3.63, 3.8) is 0 Å². The summed E-state index contributed by atoms with van der Waals surface area (Å²) in [6, 6.07) is 11.3. The van der Waals surface area contributed by atoms with Crippen LogP contribution in [0.15, 0.2) is 36.4 Å². The van der Waals surface area contributed by atoms with Gasteiger partial charge in [0.25, 0.3) is 11.8 Å². The Kier molecular flexibility index (Phi) is 5.87. The Morgan fingerprint density at radius 3 is 2.10 bits per heavy atom. The fourth-order valence-corrected chi connectivity index (χ4v) is 3.72. The molecule has 3 rings (SSSR count). The van der Waals surface area contributed by atoms with Crippen LogP contribution in [0.4, 0.5) is 5.69 Å². The topological polar surface area (TPSA) is 66.5 Å². The van der Waals surface area contributed by atoms with Crippen molar-refractivity contribution < 1.29 is 14.4 Å². The maximum absolute atomic E-state index is 12.7. The first-order chi connectivity index (χ1) is 13.7. The van der Waals surface area contributed by atoms with Gasteiger partial charge in [0.15, 0.2) is 0 Å². The fourth-order valence-electron chi connectivity index (χ4n) is 3.72. The molecule has 152 valence electrons. The second-order valence-corrected chi connectivity index (χ2v) is 8.23. The van der Waals surface area contributed by atoms with Crippen LogP contribution in [0.5, 0.6) is 0 Å². The number of imide groups is 1. The lowest BCUT2D eigenvalue weighted by Crippen LogP contribution is -2.33. The number of benzene rings is 2. The predicted octanol–water partition coefficient (Wildman–Crippen LogP) is 4.87. The number of hydrogen-bond acceptors (Lipinski definition) is 3. The number of nitrogens with one attached hydrogen (secondary N) is 1. The third-order valence-corrected chi connectivity index (χ3v) is 5.33. The minimum Gasteiger partial charge on any atom is -0.326 e. The van der Waals surface area contributed by atoms with Crippen molar-refractivity contribution in [2.45, 2.75) is 52.9 Å². The van der Waals surface area contributed by atoms with Crippen molar-refractivity contribution in [2.24, 2.45) is 0 Å². The molecule has 0 bridgehead atoms. The van der Waals surface area contributed by atoms with Gasteiger partial charge in [0.2, 0.25) is 5.91 Å². The number of nitrogens with zero attached hydrogens (tertiary/aromatic N) is 1. The molecule has 5 nitrogen and oxygen atoms in total. The minimum absolute atomic E-state index is 0.0639. The number of fused-ring (bicyclic) bond motifs is 1.